The fraction of sp³-hybridized carbons (Fsp3) is 0.111. The lowest BCUT2D eigenvalue weighted by molar-refractivity contribution is 0.103. The number of hydrogen-bond donors (Lipinski definition) is 1. The van der Waals surface area contributed by atoms with E-state index in [4.69, 9.17) is 14.2 Å². The summed E-state index contributed by atoms with van der Waals surface area (Å²) in [6, 6.07) is 8.12. The number of nitrogens with zero attached hydrogens (tertiary/aromatic N) is 1. The molecule has 3 aromatic rings. The molecule has 2 aromatic carbocycles. The summed E-state index contributed by atoms with van der Waals surface area (Å²) in [4.78, 5) is 17.2. The van der Waals surface area contributed by atoms with Gasteiger partial charge in [-0.2, -0.15) is 0 Å². The molecule has 6 heteroatoms. The fourth-order valence-electron chi connectivity index (χ4n) is 2.86. The van der Waals surface area contributed by atoms with Crippen LogP contribution in [0.2, 0.25) is 0 Å². The van der Waals surface area contributed by atoms with Gasteiger partial charge in [-0.05, 0) is 23.6 Å². The topological polar surface area (TPSA) is 77.9 Å². The molecule has 0 saturated heterocycles. The zero-order valence-electron chi connectivity index (χ0n) is 13.0. The van der Waals surface area contributed by atoms with Gasteiger partial charge in [-0.15, -0.1) is 0 Å². The summed E-state index contributed by atoms with van der Waals surface area (Å²) in [7, 11) is 2.99. The molecule has 0 atom stereocenters. The van der Waals surface area contributed by atoms with E-state index in [0.717, 1.165) is 5.39 Å². The Balaban J connectivity index is 2.08. The third kappa shape index (κ3) is 1.89. The van der Waals surface area contributed by atoms with Crippen LogP contribution in [-0.4, -0.2) is 30.1 Å². The first kappa shape index (κ1) is 14.3. The highest BCUT2D eigenvalue weighted by Gasteiger charge is 2.28. The molecule has 0 bridgehead atoms. The van der Waals surface area contributed by atoms with E-state index in [0.29, 0.717) is 22.4 Å². The molecule has 4 rings (SSSR count). The van der Waals surface area contributed by atoms with Crippen LogP contribution in [-0.2, 0) is 0 Å². The molecule has 2 heterocycles. The Morgan fingerprint density at radius 1 is 1.08 bits per heavy atom. The average molecular weight is 323 g/mol. The molecule has 1 aromatic heterocycles. The van der Waals surface area contributed by atoms with Crippen molar-refractivity contribution in [1.29, 1.82) is 0 Å². The van der Waals surface area contributed by atoms with Crippen molar-refractivity contribution < 1.29 is 24.1 Å². The van der Waals surface area contributed by atoms with Crippen molar-refractivity contribution in [2.45, 2.75) is 0 Å². The predicted molar refractivity (Wildman–Crippen MR) is 86.5 cm³/mol. The standard InChI is InChI=1S/C18H13NO5/c1-22-13-7-10-12(8-14(13)23-2)24-18-11(20)4-3-9-5-6-19-16(15(9)18)17(10)21/h3-8,20H,1-2H3. The van der Waals surface area contributed by atoms with E-state index in [9.17, 15) is 9.90 Å². The Labute approximate surface area is 137 Å². The van der Waals surface area contributed by atoms with E-state index >= 15 is 0 Å². The number of ether oxygens (including phenoxy) is 3. The molecule has 0 amide bonds. The van der Waals surface area contributed by atoms with Crippen LogP contribution in [0.1, 0.15) is 16.1 Å². The van der Waals surface area contributed by atoms with Crippen LogP contribution >= 0.6 is 0 Å². The van der Waals surface area contributed by atoms with E-state index < -0.39 is 0 Å². The highest BCUT2D eigenvalue weighted by Crippen LogP contribution is 2.46. The second kappa shape index (κ2) is 5.13. The van der Waals surface area contributed by atoms with E-state index in [1.54, 1.807) is 30.5 Å². The van der Waals surface area contributed by atoms with Gasteiger partial charge in [0.25, 0.3) is 0 Å². The summed E-state index contributed by atoms with van der Waals surface area (Å²) in [5.74, 6) is 0.951. The fourth-order valence-corrected chi connectivity index (χ4v) is 2.86. The maximum atomic E-state index is 13.0. The SMILES string of the molecule is COc1cc2c(cc1OC)C(=O)c1nccc3ccc(O)c(c13)O2. The number of carbonyl (C=O) groups excluding carboxylic acids is 1. The smallest absolute Gasteiger partial charge is 0.216 e. The maximum Gasteiger partial charge on any atom is 0.216 e. The first-order valence-corrected chi connectivity index (χ1v) is 7.23. The van der Waals surface area contributed by atoms with E-state index in [1.807, 2.05) is 0 Å². The minimum absolute atomic E-state index is 0.0628. The Bertz CT molecular complexity index is 996. The average Bonchev–Trinajstić information content (AvgIpc) is 2.73. The van der Waals surface area contributed by atoms with Crippen LogP contribution in [0.25, 0.3) is 10.8 Å². The molecule has 0 saturated carbocycles. The minimum atomic E-state index is -0.305. The Hall–Kier alpha value is -3.28. The van der Waals surface area contributed by atoms with Crippen molar-refractivity contribution in [2.24, 2.45) is 0 Å². The lowest BCUT2D eigenvalue weighted by Gasteiger charge is -2.13. The molecule has 0 fully saturated rings. The van der Waals surface area contributed by atoms with Crippen molar-refractivity contribution >= 4 is 16.6 Å². The first-order valence-electron chi connectivity index (χ1n) is 7.23. The summed E-state index contributed by atoms with van der Waals surface area (Å²) < 4.78 is 16.4. The molecule has 24 heavy (non-hydrogen) atoms. The third-order valence-corrected chi connectivity index (χ3v) is 4.02. The zero-order chi connectivity index (χ0) is 16.8. The lowest BCUT2D eigenvalue weighted by Crippen LogP contribution is -2.05. The number of aromatic hydroxyl groups is 1. The van der Waals surface area contributed by atoms with Crippen molar-refractivity contribution in [3.05, 3.63) is 47.8 Å². The first-order chi connectivity index (χ1) is 11.6. The van der Waals surface area contributed by atoms with E-state index in [1.165, 1.54) is 20.3 Å². The van der Waals surface area contributed by atoms with Crippen molar-refractivity contribution in [2.75, 3.05) is 14.2 Å². The molecule has 0 unspecified atom stereocenters. The van der Waals surface area contributed by atoms with Crippen molar-refractivity contribution in [1.82, 2.24) is 4.98 Å². The molecule has 120 valence electrons. The van der Waals surface area contributed by atoms with Gasteiger partial charge >= 0.3 is 0 Å². The van der Waals surface area contributed by atoms with Gasteiger partial charge in [0.05, 0.1) is 25.2 Å². The molecule has 1 aliphatic rings. The Morgan fingerprint density at radius 3 is 2.58 bits per heavy atom. The summed E-state index contributed by atoms with van der Waals surface area (Å²) in [5.41, 5.74) is 0.521. The molecular formula is C18H13NO5. The second-order valence-electron chi connectivity index (χ2n) is 5.31. The summed E-state index contributed by atoms with van der Waals surface area (Å²) in [6.07, 6.45) is 1.56. The van der Waals surface area contributed by atoms with Crippen LogP contribution in [0.4, 0.5) is 0 Å². The number of methoxy groups -OCH3 is 2. The zero-order valence-corrected chi connectivity index (χ0v) is 13.0. The number of aromatic nitrogens is 1. The summed E-state index contributed by atoms with van der Waals surface area (Å²) in [6.45, 7) is 0. The van der Waals surface area contributed by atoms with Crippen LogP contribution in [0.3, 0.4) is 0 Å². The van der Waals surface area contributed by atoms with Crippen LogP contribution < -0.4 is 14.2 Å². The number of phenols is 1. The van der Waals surface area contributed by atoms with Crippen LogP contribution in [0, 0.1) is 0 Å². The van der Waals surface area contributed by atoms with E-state index in [2.05, 4.69) is 4.98 Å². The molecule has 1 N–H and O–H groups in total. The van der Waals surface area contributed by atoms with E-state index in [-0.39, 0.29) is 28.7 Å². The Kier molecular flexibility index (Phi) is 3.06. The lowest BCUT2D eigenvalue weighted by atomic mass is 10.0. The maximum absolute atomic E-state index is 13.0. The van der Waals surface area contributed by atoms with Gasteiger partial charge in [-0.25, -0.2) is 0 Å². The molecular weight excluding hydrogens is 310 g/mol. The van der Waals surface area contributed by atoms with Gasteiger partial charge in [0, 0.05) is 12.3 Å². The highest BCUT2D eigenvalue weighted by molar-refractivity contribution is 6.19. The van der Waals surface area contributed by atoms with Gasteiger partial charge in [0.2, 0.25) is 5.78 Å². The number of carbonyl (C=O) groups is 1. The molecule has 6 nitrogen and oxygen atoms in total. The number of pyridine rings is 1. The van der Waals surface area contributed by atoms with Crippen molar-refractivity contribution in [3.8, 4) is 28.7 Å². The third-order valence-electron chi connectivity index (χ3n) is 4.02. The number of ketones is 1. The predicted octanol–water partition coefficient (Wildman–Crippen LogP) is 3.29. The molecule has 0 radical (unpaired) electrons. The number of phenolic OH excluding ortho intramolecular Hbond substituents is 1. The molecule has 1 aliphatic heterocycles. The minimum Gasteiger partial charge on any atom is -0.504 e. The largest absolute Gasteiger partial charge is 0.504 e. The highest BCUT2D eigenvalue weighted by atomic mass is 16.5. The number of hydrogen-bond acceptors (Lipinski definition) is 6. The monoisotopic (exact) mass is 323 g/mol. The molecule has 0 aliphatic carbocycles. The Morgan fingerprint density at radius 2 is 1.83 bits per heavy atom. The normalized spacial score (nSPS) is 12.3. The molecule has 0 spiro atoms. The van der Waals surface area contributed by atoms with Gasteiger partial charge in [0.1, 0.15) is 11.4 Å². The van der Waals surface area contributed by atoms with Gasteiger partial charge < -0.3 is 19.3 Å². The number of rotatable bonds is 2. The summed E-state index contributed by atoms with van der Waals surface area (Å²) in [5, 5.41) is 11.5. The van der Waals surface area contributed by atoms with Gasteiger partial charge in [0.15, 0.2) is 23.0 Å². The number of benzene rings is 2. The number of fused-ring (bicyclic) bond motifs is 1. The van der Waals surface area contributed by atoms with Crippen molar-refractivity contribution in [3.63, 3.8) is 0 Å². The second-order valence-corrected chi connectivity index (χ2v) is 5.31. The summed E-state index contributed by atoms with van der Waals surface area (Å²) >= 11 is 0. The van der Waals surface area contributed by atoms with Gasteiger partial charge in [-0.3, -0.25) is 9.78 Å². The van der Waals surface area contributed by atoms with Crippen LogP contribution in [0.5, 0.6) is 28.7 Å². The van der Waals surface area contributed by atoms with Crippen LogP contribution in [0.15, 0.2) is 36.5 Å². The quantitative estimate of drug-likeness (QED) is 0.610. The van der Waals surface area contributed by atoms with Gasteiger partial charge in [-0.1, -0.05) is 6.07 Å².